The Balaban J connectivity index is 2.05. The van der Waals surface area contributed by atoms with Crippen LogP contribution in [0.2, 0.25) is 0 Å². The monoisotopic (exact) mass is 303 g/mol. The van der Waals surface area contributed by atoms with Crippen molar-refractivity contribution in [2.24, 2.45) is 4.99 Å². The summed E-state index contributed by atoms with van der Waals surface area (Å²) in [6.07, 6.45) is 0.380. The number of hydrogen-bond donors (Lipinski definition) is 0. The zero-order chi connectivity index (χ0) is 16.4. The molecule has 2 rings (SSSR count). The van der Waals surface area contributed by atoms with Gasteiger partial charge in [0, 0.05) is 12.0 Å². The van der Waals surface area contributed by atoms with Gasteiger partial charge in [-0.15, -0.1) is 0 Å². The summed E-state index contributed by atoms with van der Waals surface area (Å²) in [5, 5.41) is 0. The molecule has 0 aromatic heterocycles. The first-order chi connectivity index (χ1) is 10.2. The zero-order valence-corrected chi connectivity index (χ0v) is 13.4. The van der Waals surface area contributed by atoms with Crippen molar-refractivity contribution in [3.05, 3.63) is 35.9 Å². The van der Waals surface area contributed by atoms with Crippen LogP contribution in [0.15, 0.2) is 35.3 Å². The van der Waals surface area contributed by atoms with Crippen molar-refractivity contribution in [1.82, 2.24) is 0 Å². The first-order valence-corrected chi connectivity index (χ1v) is 7.29. The first kappa shape index (κ1) is 16.2. The average Bonchev–Trinajstić information content (AvgIpc) is 2.73. The van der Waals surface area contributed by atoms with Gasteiger partial charge in [0.05, 0.1) is 0 Å². The number of nitrogens with zero attached hydrogens (tertiary/aromatic N) is 1. The van der Waals surface area contributed by atoms with E-state index in [1.165, 1.54) is 0 Å². The highest BCUT2D eigenvalue weighted by Crippen LogP contribution is 2.28. The second kappa shape index (κ2) is 5.91. The maximum absolute atomic E-state index is 12.1. The fourth-order valence-electron chi connectivity index (χ4n) is 2.09. The van der Waals surface area contributed by atoms with E-state index < -0.39 is 17.1 Å². The average molecular weight is 303 g/mol. The Hall–Kier alpha value is -2.17. The first-order valence-electron chi connectivity index (χ1n) is 7.29. The summed E-state index contributed by atoms with van der Waals surface area (Å²) < 4.78 is 10.5. The van der Waals surface area contributed by atoms with Gasteiger partial charge in [-0.05, 0) is 46.2 Å². The molecule has 0 amide bonds. The smallest absolute Gasteiger partial charge is 0.340 e. The third-order valence-corrected chi connectivity index (χ3v) is 3.23. The van der Waals surface area contributed by atoms with E-state index in [0.717, 1.165) is 5.56 Å². The molecule has 1 heterocycles. The summed E-state index contributed by atoms with van der Waals surface area (Å²) >= 11 is 0. The van der Waals surface area contributed by atoms with E-state index in [1.54, 1.807) is 6.92 Å². The van der Waals surface area contributed by atoms with Gasteiger partial charge in [0.1, 0.15) is 5.60 Å². The molecule has 0 radical (unpaired) electrons. The van der Waals surface area contributed by atoms with Gasteiger partial charge >= 0.3 is 11.9 Å². The van der Waals surface area contributed by atoms with Gasteiger partial charge in [-0.1, -0.05) is 18.2 Å². The SMILES string of the molecule is CC(C)(C)OC(=O)CC[C@@]1(C)N=C(c2ccccc2)OC1=O. The van der Waals surface area contributed by atoms with Gasteiger partial charge in [-0.2, -0.15) is 0 Å². The van der Waals surface area contributed by atoms with Crippen LogP contribution in [0.5, 0.6) is 0 Å². The summed E-state index contributed by atoms with van der Waals surface area (Å²) in [5.41, 5.74) is -0.828. The van der Waals surface area contributed by atoms with Gasteiger partial charge in [0.2, 0.25) is 5.90 Å². The second-order valence-corrected chi connectivity index (χ2v) is 6.53. The van der Waals surface area contributed by atoms with Crippen LogP contribution in [0.25, 0.3) is 0 Å². The molecule has 5 heteroatoms. The number of carbonyl (C=O) groups is 2. The van der Waals surface area contributed by atoms with Crippen molar-refractivity contribution in [2.75, 3.05) is 0 Å². The molecule has 5 nitrogen and oxygen atoms in total. The van der Waals surface area contributed by atoms with Gasteiger partial charge in [-0.3, -0.25) is 4.79 Å². The highest BCUT2D eigenvalue weighted by Gasteiger charge is 2.42. The lowest BCUT2D eigenvalue weighted by Gasteiger charge is -2.21. The molecule has 0 aliphatic carbocycles. The number of carbonyl (C=O) groups excluding carboxylic acids is 2. The van der Waals surface area contributed by atoms with Gasteiger partial charge in [-0.25, -0.2) is 9.79 Å². The molecule has 0 bridgehead atoms. The third kappa shape index (κ3) is 3.93. The molecular weight excluding hydrogens is 282 g/mol. The molecule has 1 aliphatic heterocycles. The van der Waals surface area contributed by atoms with E-state index in [0.29, 0.717) is 5.90 Å². The lowest BCUT2D eigenvalue weighted by molar-refractivity contribution is -0.155. The molecule has 1 aliphatic rings. The molecule has 1 aromatic rings. The van der Waals surface area contributed by atoms with Gasteiger partial charge in [0.25, 0.3) is 0 Å². The Morgan fingerprint density at radius 3 is 2.50 bits per heavy atom. The lowest BCUT2D eigenvalue weighted by Crippen LogP contribution is -2.32. The number of rotatable bonds is 4. The highest BCUT2D eigenvalue weighted by molar-refractivity contribution is 6.07. The Bertz CT molecular complexity index is 601. The van der Waals surface area contributed by atoms with Crippen molar-refractivity contribution >= 4 is 17.8 Å². The maximum Gasteiger partial charge on any atom is 0.340 e. The quantitative estimate of drug-likeness (QED) is 0.802. The Morgan fingerprint density at radius 2 is 1.91 bits per heavy atom. The Kier molecular flexibility index (Phi) is 4.35. The molecule has 1 aromatic carbocycles. The van der Waals surface area contributed by atoms with Crippen LogP contribution < -0.4 is 0 Å². The molecule has 0 N–H and O–H groups in total. The molecule has 0 saturated heterocycles. The fourth-order valence-corrected chi connectivity index (χ4v) is 2.09. The third-order valence-electron chi connectivity index (χ3n) is 3.23. The minimum absolute atomic E-state index is 0.119. The zero-order valence-electron chi connectivity index (χ0n) is 13.4. The number of cyclic esters (lactones) is 1. The predicted molar refractivity (Wildman–Crippen MR) is 82.6 cm³/mol. The Labute approximate surface area is 130 Å². The molecule has 1 atom stereocenters. The summed E-state index contributed by atoms with van der Waals surface area (Å²) in [4.78, 5) is 28.3. The number of ether oxygens (including phenoxy) is 2. The van der Waals surface area contributed by atoms with Crippen LogP contribution in [0.4, 0.5) is 0 Å². The normalized spacial score (nSPS) is 21.3. The summed E-state index contributed by atoms with van der Waals surface area (Å²) in [6.45, 7) is 7.10. The molecule has 0 saturated carbocycles. The molecule has 118 valence electrons. The van der Waals surface area contributed by atoms with Crippen LogP contribution in [-0.4, -0.2) is 29.0 Å². The van der Waals surface area contributed by atoms with E-state index in [2.05, 4.69) is 4.99 Å². The number of aliphatic imine (C=N–C) groups is 1. The van der Waals surface area contributed by atoms with E-state index in [-0.39, 0.29) is 18.8 Å². The molecule has 0 unspecified atom stereocenters. The van der Waals surface area contributed by atoms with Crippen LogP contribution in [-0.2, 0) is 19.1 Å². The summed E-state index contributed by atoms with van der Waals surface area (Å²) in [5.74, 6) is -0.475. The van der Waals surface area contributed by atoms with Crippen LogP contribution in [0.1, 0.15) is 46.1 Å². The van der Waals surface area contributed by atoms with Gasteiger partial charge < -0.3 is 9.47 Å². The summed E-state index contributed by atoms with van der Waals surface area (Å²) in [6, 6.07) is 9.23. The topological polar surface area (TPSA) is 65.0 Å². The minimum atomic E-state index is -1.04. The Morgan fingerprint density at radius 1 is 1.27 bits per heavy atom. The van der Waals surface area contributed by atoms with Crippen molar-refractivity contribution in [1.29, 1.82) is 0 Å². The minimum Gasteiger partial charge on any atom is -0.460 e. The largest absolute Gasteiger partial charge is 0.460 e. The lowest BCUT2D eigenvalue weighted by atomic mass is 9.97. The van der Waals surface area contributed by atoms with Crippen molar-refractivity contribution in [3.8, 4) is 0 Å². The van der Waals surface area contributed by atoms with E-state index in [1.807, 2.05) is 51.1 Å². The predicted octanol–water partition coefficient (Wildman–Crippen LogP) is 2.87. The number of esters is 2. The molecular formula is C17H21NO4. The van der Waals surface area contributed by atoms with Crippen molar-refractivity contribution < 1.29 is 19.1 Å². The highest BCUT2D eigenvalue weighted by atomic mass is 16.6. The standard InChI is InChI=1S/C17H21NO4/c1-16(2,3)22-13(19)10-11-17(4)15(20)21-14(18-17)12-8-6-5-7-9-12/h5-9H,10-11H2,1-4H3/t17-/m1/s1. The fraction of sp³-hybridized carbons (Fsp3) is 0.471. The van der Waals surface area contributed by atoms with E-state index >= 15 is 0 Å². The maximum atomic E-state index is 12.1. The van der Waals surface area contributed by atoms with Crippen LogP contribution in [0, 0.1) is 0 Å². The van der Waals surface area contributed by atoms with E-state index in [9.17, 15) is 9.59 Å². The second-order valence-electron chi connectivity index (χ2n) is 6.53. The number of hydrogen-bond acceptors (Lipinski definition) is 5. The summed E-state index contributed by atoms with van der Waals surface area (Å²) in [7, 11) is 0. The number of benzene rings is 1. The molecule has 0 fully saturated rings. The van der Waals surface area contributed by atoms with Gasteiger partial charge in [0.15, 0.2) is 5.54 Å². The van der Waals surface area contributed by atoms with E-state index in [4.69, 9.17) is 9.47 Å². The van der Waals surface area contributed by atoms with Crippen LogP contribution >= 0.6 is 0 Å². The van der Waals surface area contributed by atoms with Crippen molar-refractivity contribution in [2.45, 2.75) is 51.7 Å². The van der Waals surface area contributed by atoms with Crippen LogP contribution in [0.3, 0.4) is 0 Å². The molecule has 0 spiro atoms. The van der Waals surface area contributed by atoms with Crippen molar-refractivity contribution in [3.63, 3.8) is 0 Å². The molecule has 22 heavy (non-hydrogen) atoms.